The molecule has 1 aliphatic carbocycles. The summed E-state index contributed by atoms with van der Waals surface area (Å²) in [5.41, 5.74) is 2.34. The summed E-state index contributed by atoms with van der Waals surface area (Å²) in [7, 11) is -3.60. The number of halogens is 1. The van der Waals surface area contributed by atoms with E-state index in [-0.39, 0.29) is 43.8 Å². The molecule has 0 heterocycles. The summed E-state index contributed by atoms with van der Waals surface area (Å²) >= 11 is 6.12. The normalized spacial score (nSPS) is 14.6. The lowest BCUT2D eigenvalue weighted by Gasteiger charge is -2.34. The number of rotatable bonds is 13. The van der Waals surface area contributed by atoms with E-state index in [9.17, 15) is 18.0 Å². The van der Waals surface area contributed by atoms with Crippen LogP contribution in [0.5, 0.6) is 0 Å². The average Bonchev–Trinajstić information content (AvgIpc) is 2.98. The zero-order valence-electron chi connectivity index (χ0n) is 24.1. The SMILES string of the molecule is CS(=O)(=O)N(CCCC(=O)N(Cc1ccccc1)C(Cc1ccccc1)C(=O)NC1CCCCC1)c1cccc(Cl)c1. The molecule has 4 rings (SSSR count). The fourth-order valence-electron chi connectivity index (χ4n) is 5.51. The molecule has 1 atom stereocenters. The summed E-state index contributed by atoms with van der Waals surface area (Å²) in [6.45, 7) is 0.390. The minimum atomic E-state index is -3.60. The molecule has 0 radical (unpaired) electrons. The lowest BCUT2D eigenvalue weighted by molar-refractivity contribution is -0.141. The maximum absolute atomic E-state index is 14.0. The first-order valence-electron chi connectivity index (χ1n) is 14.6. The van der Waals surface area contributed by atoms with Crippen molar-refractivity contribution in [1.82, 2.24) is 10.2 Å². The summed E-state index contributed by atoms with van der Waals surface area (Å²) in [6, 6.07) is 25.5. The highest BCUT2D eigenvalue weighted by Crippen LogP contribution is 2.24. The van der Waals surface area contributed by atoms with Crippen LogP contribution in [-0.2, 0) is 32.6 Å². The van der Waals surface area contributed by atoms with Gasteiger partial charge in [-0.2, -0.15) is 0 Å². The van der Waals surface area contributed by atoms with Gasteiger partial charge in [0.05, 0.1) is 11.9 Å². The summed E-state index contributed by atoms with van der Waals surface area (Å²) in [6.07, 6.45) is 7.14. The Morgan fingerprint density at radius 2 is 1.55 bits per heavy atom. The molecule has 0 bridgehead atoms. The Labute approximate surface area is 254 Å². The topological polar surface area (TPSA) is 86.8 Å². The van der Waals surface area contributed by atoms with Crippen LogP contribution >= 0.6 is 11.6 Å². The Kier molecular flexibility index (Phi) is 11.4. The molecule has 1 unspecified atom stereocenters. The number of nitrogens with one attached hydrogen (secondary N) is 1. The van der Waals surface area contributed by atoms with Gasteiger partial charge < -0.3 is 10.2 Å². The van der Waals surface area contributed by atoms with Crippen LogP contribution < -0.4 is 9.62 Å². The lowest BCUT2D eigenvalue weighted by Crippen LogP contribution is -2.52. The molecular formula is C33H40ClN3O4S. The van der Waals surface area contributed by atoms with Crippen molar-refractivity contribution in [2.24, 2.45) is 0 Å². The third-order valence-electron chi connectivity index (χ3n) is 7.67. The monoisotopic (exact) mass is 609 g/mol. The van der Waals surface area contributed by atoms with Gasteiger partial charge in [-0.15, -0.1) is 0 Å². The number of hydrogen-bond acceptors (Lipinski definition) is 4. The highest BCUT2D eigenvalue weighted by atomic mass is 35.5. The van der Waals surface area contributed by atoms with Gasteiger partial charge in [-0.05, 0) is 48.6 Å². The highest BCUT2D eigenvalue weighted by molar-refractivity contribution is 7.92. The molecule has 9 heteroatoms. The number of carbonyl (C=O) groups excluding carboxylic acids is 2. The highest BCUT2D eigenvalue weighted by Gasteiger charge is 2.32. The molecular weight excluding hydrogens is 570 g/mol. The summed E-state index contributed by atoms with van der Waals surface area (Å²) < 4.78 is 26.5. The van der Waals surface area contributed by atoms with Crippen molar-refractivity contribution in [1.29, 1.82) is 0 Å². The third-order valence-corrected chi connectivity index (χ3v) is 9.10. The van der Waals surface area contributed by atoms with Gasteiger partial charge >= 0.3 is 0 Å². The van der Waals surface area contributed by atoms with E-state index >= 15 is 0 Å². The van der Waals surface area contributed by atoms with Crippen molar-refractivity contribution in [3.63, 3.8) is 0 Å². The first-order chi connectivity index (χ1) is 20.2. The Bertz CT molecular complexity index is 1410. The second-order valence-corrected chi connectivity index (χ2v) is 13.3. The lowest BCUT2D eigenvalue weighted by atomic mass is 9.94. The van der Waals surface area contributed by atoms with E-state index in [0.29, 0.717) is 17.1 Å². The van der Waals surface area contributed by atoms with Gasteiger partial charge in [-0.3, -0.25) is 13.9 Å². The fraction of sp³-hybridized carbons (Fsp3) is 0.394. The third kappa shape index (κ3) is 9.33. The van der Waals surface area contributed by atoms with Gasteiger partial charge in [0.2, 0.25) is 21.8 Å². The molecule has 7 nitrogen and oxygen atoms in total. The molecule has 2 amide bonds. The number of sulfonamides is 1. The van der Waals surface area contributed by atoms with E-state index in [4.69, 9.17) is 11.6 Å². The van der Waals surface area contributed by atoms with Gasteiger partial charge in [0.25, 0.3) is 0 Å². The molecule has 1 saturated carbocycles. The zero-order chi connectivity index (χ0) is 30.0. The summed E-state index contributed by atoms with van der Waals surface area (Å²) in [5, 5.41) is 3.68. The van der Waals surface area contributed by atoms with Crippen molar-refractivity contribution < 1.29 is 18.0 Å². The number of benzene rings is 3. The Hall–Kier alpha value is -3.36. The van der Waals surface area contributed by atoms with Crippen LogP contribution in [0.3, 0.4) is 0 Å². The van der Waals surface area contributed by atoms with Crippen LogP contribution in [0, 0.1) is 0 Å². The number of anilines is 1. The largest absolute Gasteiger partial charge is 0.352 e. The molecule has 42 heavy (non-hydrogen) atoms. The van der Waals surface area contributed by atoms with Crippen molar-refractivity contribution >= 4 is 39.1 Å². The van der Waals surface area contributed by atoms with Crippen LogP contribution in [-0.4, -0.2) is 50.0 Å². The minimum Gasteiger partial charge on any atom is -0.352 e. The van der Waals surface area contributed by atoms with E-state index < -0.39 is 16.1 Å². The second-order valence-electron chi connectivity index (χ2n) is 11.0. The van der Waals surface area contributed by atoms with Crippen molar-refractivity contribution in [3.8, 4) is 0 Å². The smallest absolute Gasteiger partial charge is 0.243 e. The van der Waals surface area contributed by atoms with E-state index in [1.807, 2.05) is 60.7 Å². The number of carbonyl (C=O) groups is 2. The average molecular weight is 610 g/mol. The Morgan fingerprint density at radius 3 is 2.17 bits per heavy atom. The van der Waals surface area contributed by atoms with Crippen LogP contribution in [0.15, 0.2) is 84.9 Å². The van der Waals surface area contributed by atoms with Crippen LogP contribution in [0.2, 0.25) is 5.02 Å². The van der Waals surface area contributed by atoms with Crippen LogP contribution in [0.1, 0.15) is 56.1 Å². The number of nitrogens with zero attached hydrogens (tertiary/aromatic N) is 2. The maximum atomic E-state index is 14.0. The molecule has 1 N–H and O–H groups in total. The first kappa shape index (κ1) is 31.6. The predicted octanol–water partition coefficient (Wildman–Crippen LogP) is 5.98. The van der Waals surface area contributed by atoms with Gasteiger partial charge in [-0.25, -0.2) is 8.42 Å². The van der Waals surface area contributed by atoms with Crippen molar-refractivity contribution in [3.05, 3.63) is 101 Å². The molecule has 3 aromatic rings. The van der Waals surface area contributed by atoms with Crippen LogP contribution in [0.4, 0.5) is 5.69 Å². The molecule has 0 aliphatic heterocycles. The minimum absolute atomic E-state index is 0.0847. The molecule has 1 fully saturated rings. The maximum Gasteiger partial charge on any atom is 0.243 e. The molecule has 1 aliphatic rings. The molecule has 0 spiro atoms. The standard InChI is InChI=1S/C33H40ClN3O4S/c1-42(40,41)37(30-20-11-17-28(34)24-30)22-12-21-32(38)36(25-27-15-7-3-8-16-27)31(23-26-13-5-2-6-14-26)33(39)35-29-18-9-4-10-19-29/h2-3,5-8,11,13-17,20,24,29,31H,4,9-10,12,18-19,21-23,25H2,1H3,(H,35,39). The van der Waals surface area contributed by atoms with Crippen LogP contribution in [0.25, 0.3) is 0 Å². The summed E-state index contributed by atoms with van der Waals surface area (Å²) in [5.74, 6) is -0.343. The van der Waals surface area contributed by atoms with Crippen molar-refractivity contribution in [2.75, 3.05) is 17.1 Å². The Morgan fingerprint density at radius 1 is 0.905 bits per heavy atom. The van der Waals surface area contributed by atoms with Gasteiger partial charge in [0, 0.05) is 37.0 Å². The van der Waals surface area contributed by atoms with Gasteiger partial charge in [-0.1, -0.05) is 97.6 Å². The van der Waals surface area contributed by atoms with Gasteiger partial charge in [0.1, 0.15) is 6.04 Å². The molecule has 3 aromatic carbocycles. The number of amides is 2. The van der Waals surface area contributed by atoms with E-state index in [0.717, 1.165) is 43.1 Å². The van der Waals surface area contributed by atoms with E-state index in [2.05, 4.69) is 5.32 Å². The first-order valence-corrected chi connectivity index (χ1v) is 16.8. The second kappa shape index (κ2) is 15.2. The fourth-order valence-corrected chi connectivity index (χ4v) is 6.66. The quantitative estimate of drug-likeness (QED) is 0.258. The molecule has 0 aromatic heterocycles. The van der Waals surface area contributed by atoms with Gasteiger partial charge in [0.15, 0.2) is 0 Å². The van der Waals surface area contributed by atoms with E-state index in [1.54, 1.807) is 29.2 Å². The molecule has 224 valence electrons. The zero-order valence-corrected chi connectivity index (χ0v) is 25.7. The van der Waals surface area contributed by atoms with E-state index in [1.165, 1.54) is 10.7 Å². The Balaban J connectivity index is 1.57. The molecule has 0 saturated heterocycles. The predicted molar refractivity (Wildman–Crippen MR) is 169 cm³/mol. The van der Waals surface area contributed by atoms with Crippen molar-refractivity contribution in [2.45, 2.75) is 70.0 Å². The summed E-state index contributed by atoms with van der Waals surface area (Å²) in [4.78, 5) is 29.5. The number of hydrogen-bond donors (Lipinski definition) is 1.